The molecule has 1 aliphatic rings. The van der Waals surface area contributed by atoms with E-state index in [2.05, 4.69) is 4.98 Å². The van der Waals surface area contributed by atoms with E-state index in [-0.39, 0.29) is 12.0 Å². The van der Waals surface area contributed by atoms with Gasteiger partial charge in [0, 0.05) is 17.7 Å². The predicted molar refractivity (Wildman–Crippen MR) is 49.2 cm³/mol. The third-order valence-electron chi connectivity index (χ3n) is 2.65. The Balaban J connectivity index is 2.20. The van der Waals surface area contributed by atoms with E-state index in [9.17, 15) is 13.2 Å². The molecule has 1 aliphatic carbocycles. The third-order valence-corrected chi connectivity index (χ3v) is 2.65. The molecule has 0 bridgehead atoms. The van der Waals surface area contributed by atoms with Crippen molar-refractivity contribution in [3.8, 4) is 0 Å². The highest BCUT2D eigenvalue weighted by atomic mass is 19.4. The predicted octanol–water partition coefficient (Wildman–Crippen LogP) is 2.31. The third kappa shape index (κ3) is 2.12. The lowest BCUT2D eigenvalue weighted by Gasteiger charge is -2.32. The average Bonchev–Trinajstić information content (AvgIpc) is 2.12. The van der Waals surface area contributed by atoms with Gasteiger partial charge in [0.25, 0.3) is 0 Å². The summed E-state index contributed by atoms with van der Waals surface area (Å²) >= 11 is 0. The van der Waals surface area contributed by atoms with Crippen molar-refractivity contribution in [2.24, 2.45) is 5.73 Å². The Kier molecular flexibility index (Phi) is 2.42. The second kappa shape index (κ2) is 3.48. The maximum atomic E-state index is 12.3. The van der Waals surface area contributed by atoms with Gasteiger partial charge >= 0.3 is 6.18 Å². The van der Waals surface area contributed by atoms with Crippen LogP contribution < -0.4 is 5.73 Å². The zero-order valence-corrected chi connectivity index (χ0v) is 7.96. The number of rotatable bonds is 1. The molecule has 2 rings (SSSR count). The molecule has 15 heavy (non-hydrogen) atoms. The molecule has 0 amide bonds. The number of aromatic nitrogens is 1. The molecule has 82 valence electrons. The summed E-state index contributed by atoms with van der Waals surface area (Å²) in [7, 11) is 0. The summed E-state index contributed by atoms with van der Waals surface area (Å²) in [6.45, 7) is 0. The van der Waals surface area contributed by atoms with Gasteiger partial charge in [-0.15, -0.1) is 0 Å². The Bertz CT molecular complexity index is 356. The minimum absolute atomic E-state index is 0.0994. The van der Waals surface area contributed by atoms with Crippen LogP contribution in [0.2, 0.25) is 0 Å². The number of alkyl halides is 3. The lowest BCUT2D eigenvalue weighted by Crippen LogP contribution is -2.35. The van der Waals surface area contributed by atoms with E-state index in [1.54, 1.807) is 6.07 Å². The molecular weight excluding hydrogens is 205 g/mol. The normalized spacial score (nSPS) is 26.1. The van der Waals surface area contributed by atoms with Gasteiger partial charge in [-0.2, -0.15) is 13.2 Å². The summed E-state index contributed by atoms with van der Waals surface area (Å²) in [5, 5.41) is 0. The maximum Gasteiger partial charge on any atom is 0.433 e. The van der Waals surface area contributed by atoms with Crippen LogP contribution in [0.1, 0.15) is 30.1 Å². The van der Waals surface area contributed by atoms with Crippen molar-refractivity contribution in [3.63, 3.8) is 0 Å². The highest BCUT2D eigenvalue weighted by Gasteiger charge is 2.34. The van der Waals surface area contributed by atoms with Crippen LogP contribution in [0.25, 0.3) is 0 Å². The van der Waals surface area contributed by atoms with Crippen molar-refractivity contribution in [2.45, 2.75) is 31.0 Å². The van der Waals surface area contributed by atoms with E-state index in [1.165, 1.54) is 6.07 Å². The van der Waals surface area contributed by atoms with Crippen LogP contribution in [-0.4, -0.2) is 11.0 Å². The first-order valence-corrected chi connectivity index (χ1v) is 4.76. The minimum Gasteiger partial charge on any atom is -0.328 e. The van der Waals surface area contributed by atoms with Crippen molar-refractivity contribution < 1.29 is 13.2 Å². The summed E-state index contributed by atoms with van der Waals surface area (Å²) in [5.41, 5.74) is 5.27. The van der Waals surface area contributed by atoms with Crippen molar-refractivity contribution in [1.29, 1.82) is 0 Å². The van der Waals surface area contributed by atoms with Crippen molar-refractivity contribution in [2.75, 3.05) is 0 Å². The molecule has 1 fully saturated rings. The molecular formula is C10H11F3N2. The van der Waals surface area contributed by atoms with E-state index < -0.39 is 11.9 Å². The molecule has 0 saturated heterocycles. The Morgan fingerprint density at radius 2 is 1.93 bits per heavy atom. The van der Waals surface area contributed by atoms with Crippen molar-refractivity contribution in [3.05, 3.63) is 29.6 Å². The van der Waals surface area contributed by atoms with E-state index in [4.69, 9.17) is 5.73 Å². The number of hydrogen-bond acceptors (Lipinski definition) is 2. The lowest BCUT2D eigenvalue weighted by molar-refractivity contribution is -0.141. The molecule has 2 N–H and O–H groups in total. The van der Waals surface area contributed by atoms with Crippen molar-refractivity contribution >= 4 is 0 Å². The summed E-state index contributed by atoms with van der Waals surface area (Å²) in [4.78, 5) is 3.62. The van der Waals surface area contributed by atoms with Crippen LogP contribution in [0, 0.1) is 0 Å². The van der Waals surface area contributed by atoms with Gasteiger partial charge in [-0.25, -0.2) is 4.98 Å². The highest BCUT2D eigenvalue weighted by molar-refractivity contribution is 5.19. The van der Waals surface area contributed by atoms with Gasteiger partial charge in [0.1, 0.15) is 5.69 Å². The zero-order chi connectivity index (χ0) is 11.1. The maximum absolute atomic E-state index is 12.3. The van der Waals surface area contributed by atoms with Crippen LogP contribution in [-0.2, 0) is 6.18 Å². The first-order chi connectivity index (χ1) is 6.97. The molecule has 1 heterocycles. The summed E-state index contributed by atoms with van der Waals surface area (Å²) < 4.78 is 37.0. The van der Waals surface area contributed by atoms with E-state index in [0.29, 0.717) is 5.69 Å². The molecule has 0 unspecified atom stereocenters. The van der Waals surface area contributed by atoms with Crippen LogP contribution >= 0.6 is 0 Å². The van der Waals surface area contributed by atoms with Crippen LogP contribution in [0.15, 0.2) is 18.2 Å². The number of pyridine rings is 1. The average molecular weight is 216 g/mol. The monoisotopic (exact) mass is 216 g/mol. The van der Waals surface area contributed by atoms with Crippen LogP contribution in [0.5, 0.6) is 0 Å². The smallest absolute Gasteiger partial charge is 0.328 e. The first kappa shape index (κ1) is 10.4. The molecule has 0 aliphatic heterocycles. The van der Waals surface area contributed by atoms with Gasteiger partial charge in [-0.1, -0.05) is 6.07 Å². The first-order valence-electron chi connectivity index (χ1n) is 4.76. The fourth-order valence-electron chi connectivity index (χ4n) is 1.74. The number of halogens is 3. The summed E-state index contributed by atoms with van der Waals surface area (Å²) in [6, 6.07) is 4.13. The van der Waals surface area contributed by atoms with Crippen LogP contribution in [0.3, 0.4) is 0 Å². The summed E-state index contributed by atoms with van der Waals surface area (Å²) in [5.74, 6) is 0.0994. The van der Waals surface area contributed by atoms with Gasteiger partial charge in [0.15, 0.2) is 0 Å². The van der Waals surface area contributed by atoms with Gasteiger partial charge in [0.05, 0.1) is 0 Å². The number of hydrogen-bond donors (Lipinski definition) is 1. The second-order valence-corrected chi connectivity index (χ2v) is 3.87. The molecule has 1 aromatic rings. The standard InChI is InChI=1S/C10H11F3N2/c11-10(12,13)9-3-1-2-8(15-9)6-4-7(14)5-6/h1-3,6-7H,4-5,14H2. The molecule has 0 atom stereocenters. The molecule has 1 saturated carbocycles. The zero-order valence-electron chi connectivity index (χ0n) is 7.96. The van der Waals surface area contributed by atoms with Crippen molar-refractivity contribution in [1.82, 2.24) is 4.98 Å². The lowest BCUT2D eigenvalue weighted by atomic mass is 9.78. The molecule has 0 aromatic carbocycles. The molecule has 5 heteroatoms. The van der Waals surface area contributed by atoms with E-state index in [1.807, 2.05) is 0 Å². The fraction of sp³-hybridized carbons (Fsp3) is 0.500. The number of nitrogens with zero attached hydrogens (tertiary/aromatic N) is 1. The van der Waals surface area contributed by atoms with Gasteiger partial charge < -0.3 is 5.73 Å². The highest BCUT2D eigenvalue weighted by Crippen LogP contribution is 2.36. The molecule has 1 aromatic heterocycles. The topological polar surface area (TPSA) is 38.9 Å². The molecule has 0 radical (unpaired) electrons. The molecule has 2 nitrogen and oxygen atoms in total. The van der Waals surface area contributed by atoms with Gasteiger partial charge in [0.2, 0.25) is 0 Å². The summed E-state index contributed by atoms with van der Waals surface area (Å²) in [6.07, 6.45) is -2.90. The number of nitrogens with two attached hydrogens (primary N) is 1. The van der Waals surface area contributed by atoms with Gasteiger partial charge in [-0.3, -0.25) is 0 Å². The second-order valence-electron chi connectivity index (χ2n) is 3.87. The quantitative estimate of drug-likeness (QED) is 0.782. The molecule has 0 spiro atoms. The van der Waals surface area contributed by atoms with E-state index in [0.717, 1.165) is 18.9 Å². The van der Waals surface area contributed by atoms with Crippen LogP contribution in [0.4, 0.5) is 13.2 Å². The largest absolute Gasteiger partial charge is 0.433 e. The SMILES string of the molecule is NC1CC(c2cccc(C(F)(F)F)n2)C1. The fourth-order valence-corrected chi connectivity index (χ4v) is 1.74. The Morgan fingerprint density at radius 1 is 1.27 bits per heavy atom. The van der Waals surface area contributed by atoms with E-state index >= 15 is 0 Å². The van der Waals surface area contributed by atoms with Gasteiger partial charge in [-0.05, 0) is 25.0 Å². The Hall–Kier alpha value is -1.10. The minimum atomic E-state index is -4.36. The Labute approximate surface area is 85.3 Å². The Morgan fingerprint density at radius 3 is 2.47 bits per heavy atom.